The van der Waals surface area contributed by atoms with Crippen molar-refractivity contribution in [2.24, 2.45) is 5.73 Å². The quantitative estimate of drug-likeness (QED) is 0.909. The second-order valence-electron chi connectivity index (χ2n) is 4.88. The van der Waals surface area contributed by atoms with Crippen molar-refractivity contribution in [3.8, 4) is 0 Å². The number of aromatic nitrogens is 1. The minimum atomic E-state index is 0.0504. The van der Waals surface area contributed by atoms with Gasteiger partial charge in [0, 0.05) is 35.9 Å². The van der Waals surface area contributed by atoms with Crippen molar-refractivity contribution in [3.63, 3.8) is 0 Å². The summed E-state index contributed by atoms with van der Waals surface area (Å²) in [6, 6.07) is 4.15. The van der Waals surface area contributed by atoms with Gasteiger partial charge < -0.3 is 10.5 Å². The van der Waals surface area contributed by atoms with Gasteiger partial charge in [0.15, 0.2) is 0 Å². The Morgan fingerprint density at radius 3 is 2.76 bits per heavy atom. The van der Waals surface area contributed by atoms with E-state index in [4.69, 9.17) is 10.5 Å². The van der Waals surface area contributed by atoms with Crippen LogP contribution in [0.2, 0.25) is 0 Å². The van der Waals surface area contributed by atoms with Crippen LogP contribution in [0.1, 0.15) is 31.4 Å². The summed E-state index contributed by atoms with van der Waals surface area (Å²) in [6.07, 6.45) is 7.12. The van der Waals surface area contributed by atoms with Gasteiger partial charge in [-0.3, -0.25) is 4.98 Å². The SMILES string of the molecule is COC1(CC(N)Cc2ccc(Br)cn2)CCC1. The van der Waals surface area contributed by atoms with Gasteiger partial charge in [0.05, 0.1) is 5.60 Å². The first kappa shape index (κ1) is 13.0. The average Bonchev–Trinajstić information content (AvgIpc) is 2.27. The predicted octanol–water partition coefficient (Wildman–Crippen LogP) is 2.67. The number of methoxy groups -OCH3 is 1. The zero-order valence-electron chi connectivity index (χ0n) is 10.2. The van der Waals surface area contributed by atoms with Gasteiger partial charge in [-0.25, -0.2) is 0 Å². The van der Waals surface area contributed by atoms with Gasteiger partial charge in [-0.15, -0.1) is 0 Å². The minimum Gasteiger partial charge on any atom is -0.378 e. The molecule has 1 aromatic heterocycles. The van der Waals surface area contributed by atoms with Crippen LogP contribution in [0.15, 0.2) is 22.8 Å². The van der Waals surface area contributed by atoms with Gasteiger partial charge in [0.25, 0.3) is 0 Å². The van der Waals surface area contributed by atoms with Crippen molar-refractivity contribution < 1.29 is 4.74 Å². The molecule has 3 nitrogen and oxygen atoms in total. The van der Waals surface area contributed by atoms with E-state index >= 15 is 0 Å². The molecule has 0 radical (unpaired) electrons. The number of nitrogens with two attached hydrogens (primary N) is 1. The first-order valence-corrected chi connectivity index (χ1v) is 6.84. The lowest BCUT2D eigenvalue weighted by atomic mass is 9.75. The summed E-state index contributed by atoms with van der Waals surface area (Å²) >= 11 is 3.38. The molecule has 1 fully saturated rings. The molecule has 1 aliphatic carbocycles. The molecule has 2 rings (SSSR count). The lowest BCUT2D eigenvalue weighted by molar-refractivity contribution is -0.0813. The van der Waals surface area contributed by atoms with Crippen LogP contribution >= 0.6 is 15.9 Å². The number of rotatable bonds is 5. The van der Waals surface area contributed by atoms with Crippen LogP contribution in [0.3, 0.4) is 0 Å². The summed E-state index contributed by atoms with van der Waals surface area (Å²) in [5, 5.41) is 0. The molecule has 1 aliphatic rings. The number of ether oxygens (including phenoxy) is 1. The van der Waals surface area contributed by atoms with E-state index in [1.807, 2.05) is 18.3 Å². The van der Waals surface area contributed by atoms with Crippen LogP contribution in [0, 0.1) is 0 Å². The van der Waals surface area contributed by atoms with Crippen LogP contribution in [-0.2, 0) is 11.2 Å². The highest BCUT2D eigenvalue weighted by Gasteiger charge is 2.38. The normalized spacial score (nSPS) is 19.7. The topological polar surface area (TPSA) is 48.1 Å². The van der Waals surface area contributed by atoms with E-state index in [1.54, 1.807) is 7.11 Å². The molecule has 0 saturated heterocycles. The molecule has 4 heteroatoms. The smallest absolute Gasteiger partial charge is 0.0693 e. The maximum Gasteiger partial charge on any atom is 0.0693 e. The zero-order chi connectivity index (χ0) is 12.3. The monoisotopic (exact) mass is 298 g/mol. The molecule has 0 amide bonds. The van der Waals surface area contributed by atoms with Crippen LogP contribution in [0.25, 0.3) is 0 Å². The van der Waals surface area contributed by atoms with E-state index in [-0.39, 0.29) is 11.6 Å². The van der Waals surface area contributed by atoms with Crippen molar-refractivity contribution in [1.29, 1.82) is 0 Å². The Bertz CT molecular complexity index is 357. The fourth-order valence-electron chi connectivity index (χ4n) is 2.41. The lowest BCUT2D eigenvalue weighted by Gasteiger charge is -2.42. The third-order valence-electron chi connectivity index (χ3n) is 3.59. The molecule has 2 N–H and O–H groups in total. The van der Waals surface area contributed by atoms with E-state index < -0.39 is 0 Å². The summed E-state index contributed by atoms with van der Waals surface area (Å²) in [7, 11) is 1.80. The van der Waals surface area contributed by atoms with E-state index in [0.717, 1.165) is 35.8 Å². The van der Waals surface area contributed by atoms with E-state index in [1.165, 1.54) is 6.42 Å². The van der Waals surface area contributed by atoms with E-state index in [2.05, 4.69) is 20.9 Å². The third-order valence-corrected chi connectivity index (χ3v) is 4.06. The Hall–Kier alpha value is -0.450. The summed E-state index contributed by atoms with van der Waals surface area (Å²) in [5.74, 6) is 0. The molecule has 0 bridgehead atoms. The molecule has 1 heterocycles. The van der Waals surface area contributed by atoms with Crippen LogP contribution in [0.4, 0.5) is 0 Å². The highest BCUT2D eigenvalue weighted by atomic mass is 79.9. The van der Waals surface area contributed by atoms with E-state index in [9.17, 15) is 0 Å². The summed E-state index contributed by atoms with van der Waals surface area (Å²) in [5.41, 5.74) is 7.28. The first-order chi connectivity index (χ1) is 8.13. The zero-order valence-corrected chi connectivity index (χ0v) is 11.7. The number of halogens is 1. The molecular formula is C13H19BrN2O. The van der Waals surface area contributed by atoms with Gasteiger partial charge in [0.1, 0.15) is 0 Å². The fourth-order valence-corrected chi connectivity index (χ4v) is 2.64. The van der Waals surface area contributed by atoms with Crippen LogP contribution in [-0.4, -0.2) is 23.7 Å². The van der Waals surface area contributed by atoms with Gasteiger partial charge in [0.2, 0.25) is 0 Å². The Kier molecular flexibility index (Phi) is 4.17. The molecule has 1 unspecified atom stereocenters. The van der Waals surface area contributed by atoms with Crippen LogP contribution in [0.5, 0.6) is 0 Å². The van der Waals surface area contributed by atoms with E-state index in [0.29, 0.717) is 0 Å². The fraction of sp³-hybridized carbons (Fsp3) is 0.615. The second kappa shape index (κ2) is 5.46. The van der Waals surface area contributed by atoms with Gasteiger partial charge in [-0.1, -0.05) is 0 Å². The Balaban J connectivity index is 1.88. The molecule has 1 aromatic rings. The van der Waals surface area contributed by atoms with Gasteiger partial charge in [-0.2, -0.15) is 0 Å². The van der Waals surface area contributed by atoms with Gasteiger partial charge in [-0.05, 0) is 53.7 Å². The number of hydrogen-bond donors (Lipinski definition) is 1. The van der Waals surface area contributed by atoms with Crippen LogP contribution < -0.4 is 5.73 Å². The largest absolute Gasteiger partial charge is 0.378 e. The maximum absolute atomic E-state index is 6.18. The summed E-state index contributed by atoms with van der Waals surface area (Å²) in [6.45, 7) is 0. The number of nitrogens with zero attached hydrogens (tertiary/aromatic N) is 1. The van der Waals surface area contributed by atoms with Crippen molar-refractivity contribution in [3.05, 3.63) is 28.5 Å². The molecule has 0 aromatic carbocycles. The number of pyridine rings is 1. The molecule has 0 aliphatic heterocycles. The average molecular weight is 299 g/mol. The highest BCUT2D eigenvalue weighted by Crippen LogP contribution is 2.38. The van der Waals surface area contributed by atoms with Crippen molar-refractivity contribution >= 4 is 15.9 Å². The summed E-state index contributed by atoms with van der Waals surface area (Å²) in [4.78, 5) is 4.35. The molecule has 17 heavy (non-hydrogen) atoms. The summed E-state index contributed by atoms with van der Waals surface area (Å²) < 4.78 is 6.60. The first-order valence-electron chi connectivity index (χ1n) is 6.05. The molecule has 1 atom stereocenters. The second-order valence-corrected chi connectivity index (χ2v) is 5.79. The Morgan fingerprint density at radius 1 is 1.53 bits per heavy atom. The van der Waals surface area contributed by atoms with Crippen molar-refractivity contribution in [1.82, 2.24) is 4.98 Å². The Labute approximate surface area is 111 Å². The van der Waals surface area contributed by atoms with Gasteiger partial charge >= 0.3 is 0 Å². The molecule has 94 valence electrons. The lowest BCUT2D eigenvalue weighted by Crippen LogP contribution is -2.45. The minimum absolute atomic E-state index is 0.0504. The molecule has 0 spiro atoms. The standard InChI is InChI=1S/C13H19BrN2O/c1-17-13(5-2-6-13)8-11(15)7-12-4-3-10(14)9-16-12/h3-4,9,11H,2,5-8,15H2,1H3. The molecular weight excluding hydrogens is 280 g/mol. The predicted molar refractivity (Wildman–Crippen MR) is 71.8 cm³/mol. The van der Waals surface area contributed by atoms with Crippen molar-refractivity contribution in [2.75, 3.05) is 7.11 Å². The maximum atomic E-state index is 6.18. The Morgan fingerprint density at radius 2 is 2.29 bits per heavy atom. The number of hydrogen-bond acceptors (Lipinski definition) is 3. The third kappa shape index (κ3) is 3.27. The van der Waals surface area contributed by atoms with Crippen molar-refractivity contribution in [2.45, 2.75) is 43.7 Å². The highest BCUT2D eigenvalue weighted by molar-refractivity contribution is 9.10. The molecule has 1 saturated carbocycles.